The Labute approximate surface area is 88.3 Å². The van der Waals surface area contributed by atoms with E-state index in [0.29, 0.717) is 6.42 Å². The molecule has 0 bridgehead atoms. The number of methoxy groups -OCH3 is 2. The highest BCUT2D eigenvalue weighted by atomic mass is 16.5. The number of nitrogens with one attached hydrogen (secondary N) is 2. The van der Waals surface area contributed by atoms with E-state index < -0.39 is 12.2 Å². The van der Waals surface area contributed by atoms with Crippen LogP contribution in [0.5, 0.6) is 0 Å². The van der Waals surface area contributed by atoms with Gasteiger partial charge in [0.15, 0.2) is 0 Å². The number of rotatable bonds is 2. The van der Waals surface area contributed by atoms with E-state index in [1.807, 2.05) is 0 Å². The molecule has 0 aromatic rings. The summed E-state index contributed by atoms with van der Waals surface area (Å²) >= 11 is 0. The zero-order chi connectivity index (χ0) is 11.3. The highest BCUT2D eigenvalue weighted by Crippen LogP contribution is 2.19. The van der Waals surface area contributed by atoms with Crippen molar-refractivity contribution in [1.82, 2.24) is 10.6 Å². The lowest BCUT2D eigenvalue weighted by Crippen LogP contribution is -2.37. The first kappa shape index (κ1) is 11.6. The minimum absolute atomic E-state index is 0.0691. The fourth-order valence-corrected chi connectivity index (χ4v) is 1.69. The molecule has 1 saturated carbocycles. The van der Waals surface area contributed by atoms with Crippen LogP contribution >= 0.6 is 0 Å². The zero-order valence-corrected chi connectivity index (χ0v) is 8.91. The molecule has 2 amide bonds. The Morgan fingerprint density at radius 3 is 1.73 bits per heavy atom. The number of hydrogen-bond donors (Lipinski definition) is 2. The maximum Gasteiger partial charge on any atom is 0.407 e. The highest BCUT2D eigenvalue weighted by Gasteiger charge is 2.27. The molecule has 0 saturated heterocycles. The second-order valence-electron chi connectivity index (χ2n) is 3.48. The summed E-state index contributed by atoms with van der Waals surface area (Å²) in [5.74, 6) is 0. The van der Waals surface area contributed by atoms with Crippen molar-refractivity contribution in [1.29, 1.82) is 0 Å². The summed E-state index contributed by atoms with van der Waals surface area (Å²) in [7, 11) is 2.66. The normalized spacial score (nSPS) is 24.4. The van der Waals surface area contributed by atoms with Gasteiger partial charge in [0.05, 0.1) is 14.2 Å². The van der Waals surface area contributed by atoms with Crippen LogP contribution in [0.3, 0.4) is 0 Å². The van der Waals surface area contributed by atoms with Crippen molar-refractivity contribution in [2.45, 2.75) is 31.3 Å². The van der Waals surface area contributed by atoms with Gasteiger partial charge in [0, 0.05) is 12.1 Å². The van der Waals surface area contributed by atoms with Crippen molar-refractivity contribution in [3.8, 4) is 0 Å². The Hall–Kier alpha value is -1.46. The van der Waals surface area contributed by atoms with Crippen molar-refractivity contribution in [3.63, 3.8) is 0 Å². The molecule has 6 heteroatoms. The van der Waals surface area contributed by atoms with Gasteiger partial charge < -0.3 is 20.1 Å². The third kappa shape index (κ3) is 3.65. The summed E-state index contributed by atoms with van der Waals surface area (Å²) in [5, 5.41) is 5.39. The van der Waals surface area contributed by atoms with Crippen LogP contribution in [0.15, 0.2) is 0 Å². The topological polar surface area (TPSA) is 76.7 Å². The molecule has 1 aliphatic carbocycles. The third-order valence-corrected chi connectivity index (χ3v) is 2.45. The molecule has 0 aromatic carbocycles. The fourth-order valence-electron chi connectivity index (χ4n) is 1.69. The Bertz CT molecular complexity index is 220. The van der Waals surface area contributed by atoms with Gasteiger partial charge in [-0.15, -0.1) is 0 Å². The molecular formula is C9H16N2O4. The molecule has 0 radical (unpaired) electrons. The predicted octanol–water partition coefficient (Wildman–Crippen LogP) is 0.619. The molecular weight excluding hydrogens is 200 g/mol. The average molecular weight is 216 g/mol. The molecule has 2 atom stereocenters. The molecule has 86 valence electrons. The predicted molar refractivity (Wildman–Crippen MR) is 52.5 cm³/mol. The minimum Gasteiger partial charge on any atom is -0.453 e. The van der Waals surface area contributed by atoms with E-state index in [4.69, 9.17) is 0 Å². The van der Waals surface area contributed by atoms with E-state index in [9.17, 15) is 9.59 Å². The monoisotopic (exact) mass is 216 g/mol. The molecule has 0 aromatic heterocycles. The smallest absolute Gasteiger partial charge is 0.407 e. The second-order valence-corrected chi connectivity index (χ2v) is 3.48. The summed E-state index contributed by atoms with van der Waals surface area (Å²) in [5.41, 5.74) is 0. The lowest BCUT2D eigenvalue weighted by molar-refractivity contribution is 0.165. The van der Waals surface area contributed by atoms with Crippen molar-refractivity contribution in [3.05, 3.63) is 0 Å². The van der Waals surface area contributed by atoms with E-state index in [0.717, 1.165) is 12.8 Å². The van der Waals surface area contributed by atoms with E-state index in [1.165, 1.54) is 14.2 Å². The lowest BCUT2D eigenvalue weighted by Gasteiger charge is -2.13. The van der Waals surface area contributed by atoms with Crippen LogP contribution in [0.25, 0.3) is 0 Å². The average Bonchev–Trinajstić information content (AvgIpc) is 2.65. The summed E-state index contributed by atoms with van der Waals surface area (Å²) in [6.45, 7) is 0. The number of carbonyl (C=O) groups excluding carboxylic acids is 2. The van der Waals surface area contributed by atoms with Crippen molar-refractivity contribution in [2.75, 3.05) is 14.2 Å². The van der Waals surface area contributed by atoms with Crippen molar-refractivity contribution < 1.29 is 19.1 Å². The first-order valence-corrected chi connectivity index (χ1v) is 4.84. The number of alkyl carbamates (subject to hydrolysis) is 2. The molecule has 15 heavy (non-hydrogen) atoms. The molecule has 1 aliphatic rings. The quantitative estimate of drug-likeness (QED) is 0.709. The first-order chi connectivity index (χ1) is 7.15. The maximum absolute atomic E-state index is 10.9. The van der Waals surface area contributed by atoms with Crippen LogP contribution < -0.4 is 10.6 Å². The molecule has 2 unspecified atom stereocenters. The number of ether oxygens (including phenoxy) is 2. The lowest BCUT2D eigenvalue weighted by atomic mass is 10.2. The summed E-state index contributed by atoms with van der Waals surface area (Å²) < 4.78 is 8.98. The molecule has 0 aliphatic heterocycles. The maximum atomic E-state index is 10.9. The van der Waals surface area contributed by atoms with Crippen LogP contribution in [0.1, 0.15) is 19.3 Å². The van der Waals surface area contributed by atoms with Crippen LogP contribution in [-0.4, -0.2) is 38.5 Å². The molecule has 2 N–H and O–H groups in total. The van der Waals surface area contributed by atoms with Crippen molar-refractivity contribution >= 4 is 12.2 Å². The Morgan fingerprint density at radius 2 is 1.40 bits per heavy atom. The largest absolute Gasteiger partial charge is 0.453 e. The molecule has 0 heterocycles. The number of carbonyl (C=O) groups is 2. The third-order valence-electron chi connectivity index (χ3n) is 2.45. The van der Waals surface area contributed by atoms with Gasteiger partial charge in [0.1, 0.15) is 0 Å². The molecule has 1 fully saturated rings. The molecule has 6 nitrogen and oxygen atoms in total. The fraction of sp³-hybridized carbons (Fsp3) is 0.778. The van der Waals surface area contributed by atoms with Gasteiger partial charge in [-0.1, -0.05) is 0 Å². The minimum atomic E-state index is -0.432. The van der Waals surface area contributed by atoms with Gasteiger partial charge >= 0.3 is 12.2 Å². The molecule has 1 rings (SSSR count). The van der Waals surface area contributed by atoms with E-state index in [1.54, 1.807) is 0 Å². The second kappa shape index (κ2) is 5.43. The van der Waals surface area contributed by atoms with Gasteiger partial charge in [-0.05, 0) is 19.3 Å². The summed E-state index contributed by atoms with van der Waals surface area (Å²) in [6, 6.07) is 0.138. The van der Waals surface area contributed by atoms with Crippen LogP contribution in [0, 0.1) is 0 Å². The van der Waals surface area contributed by atoms with Crippen LogP contribution in [0.2, 0.25) is 0 Å². The van der Waals surface area contributed by atoms with E-state index in [2.05, 4.69) is 20.1 Å². The van der Waals surface area contributed by atoms with Crippen LogP contribution in [-0.2, 0) is 9.47 Å². The summed E-state index contributed by atoms with van der Waals surface area (Å²) in [6.07, 6.45) is 1.52. The van der Waals surface area contributed by atoms with Gasteiger partial charge in [-0.25, -0.2) is 9.59 Å². The first-order valence-electron chi connectivity index (χ1n) is 4.84. The number of amides is 2. The number of hydrogen-bond acceptors (Lipinski definition) is 4. The van der Waals surface area contributed by atoms with E-state index in [-0.39, 0.29) is 12.1 Å². The van der Waals surface area contributed by atoms with E-state index >= 15 is 0 Å². The Morgan fingerprint density at radius 1 is 1.00 bits per heavy atom. The summed E-state index contributed by atoms with van der Waals surface area (Å²) in [4.78, 5) is 21.8. The van der Waals surface area contributed by atoms with Crippen LogP contribution in [0.4, 0.5) is 9.59 Å². The Balaban J connectivity index is 2.26. The Kier molecular flexibility index (Phi) is 4.20. The molecule has 0 spiro atoms. The highest BCUT2D eigenvalue weighted by molar-refractivity contribution is 5.68. The van der Waals surface area contributed by atoms with Gasteiger partial charge in [0.25, 0.3) is 0 Å². The standard InChI is InChI=1S/C9H16N2O4/c1-14-8(12)10-6-3-4-7(5-6)11-9(13)15-2/h6-7H,3-5H2,1-2H3,(H,10,12)(H,11,13). The SMILES string of the molecule is COC(=O)NC1CCC(NC(=O)OC)C1. The van der Waals surface area contributed by atoms with Crippen molar-refractivity contribution in [2.24, 2.45) is 0 Å². The van der Waals surface area contributed by atoms with Gasteiger partial charge in [-0.2, -0.15) is 0 Å². The van der Waals surface area contributed by atoms with Gasteiger partial charge in [-0.3, -0.25) is 0 Å². The zero-order valence-electron chi connectivity index (χ0n) is 8.91. The van der Waals surface area contributed by atoms with Gasteiger partial charge in [0.2, 0.25) is 0 Å².